The highest BCUT2D eigenvalue weighted by molar-refractivity contribution is 5.98. The Balaban J connectivity index is 1.61. The summed E-state index contributed by atoms with van der Waals surface area (Å²) in [6, 6.07) is 22.8. The van der Waals surface area contributed by atoms with Crippen LogP contribution >= 0.6 is 0 Å². The zero-order chi connectivity index (χ0) is 21.8. The summed E-state index contributed by atoms with van der Waals surface area (Å²) in [6.45, 7) is 4.72. The molecule has 0 saturated carbocycles. The standard InChI is InChI=1S/C26H27N3O2/c1-18-13-14-19(2)23(16-18)28-26(31)25(20-8-4-3-5-9-20)27-21-10-6-11-22(17-21)29-15-7-12-24(29)30/h3-6,8-11,13-14,16-17,25,27H,7,12,15H2,1-2H3,(H,28,31)/t25-/m0/s1. The molecule has 1 atom stereocenters. The quantitative estimate of drug-likeness (QED) is 0.582. The fraction of sp³-hybridized carbons (Fsp3) is 0.231. The van der Waals surface area contributed by atoms with E-state index in [9.17, 15) is 9.59 Å². The van der Waals surface area contributed by atoms with Crippen LogP contribution < -0.4 is 15.5 Å². The fourth-order valence-electron chi connectivity index (χ4n) is 3.87. The first-order valence-electron chi connectivity index (χ1n) is 10.6. The van der Waals surface area contributed by atoms with Gasteiger partial charge in [-0.25, -0.2) is 0 Å². The molecular formula is C26H27N3O2. The van der Waals surface area contributed by atoms with Gasteiger partial charge in [0.15, 0.2) is 0 Å². The van der Waals surface area contributed by atoms with Crippen molar-refractivity contribution < 1.29 is 9.59 Å². The predicted molar refractivity (Wildman–Crippen MR) is 125 cm³/mol. The molecule has 0 unspecified atom stereocenters. The molecule has 3 aromatic rings. The third-order valence-electron chi connectivity index (χ3n) is 5.59. The van der Waals surface area contributed by atoms with Crippen LogP contribution in [0.2, 0.25) is 0 Å². The van der Waals surface area contributed by atoms with Crippen LogP contribution in [0.3, 0.4) is 0 Å². The number of carbonyl (C=O) groups excluding carboxylic acids is 2. The van der Waals surface area contributed by atoms with Gasteiger partial charge in [0.05, 0.1) is 0 Å². The maximum absolute atomic E-state index is 13.3. The number of benzene rings is 3. The first kappa shape index (κ1) is 20.7. The Bertz CT molecular complexity index is 1090. The number of nitrogens with one attached hydrogen (secondary N) is 2. The Labute approximate surface area is 183 Å². The van der Waals surface area contributed by atoms with Crippen LogP contribution in [-0.4, -0.2) is 18.4 Å². The maximum Gasteiger partial charge on any atom is 0.251 e. The van der Waals surface area contributed by atoms with Crippen molar-refractivity contribution in [2.24, 2.45) is 0 Å². The highest BCUT2D eigenvalue weighted by Crippen LogP contribution is 2.28. The van der Waals surface area contributed by atoms with Crippen molar-refractivity contribution in [3.8, 4) is 0 Å². The number of aryl methyl sites for hydroxylation is 2. The van der Waals surface area contributed by atoms with Gasteiger partial charge in [-0.05, 0) is 61.2 Å². The molecule has 0 radical (unpaired) electrons. The number of hydrogen-bond acceptors (Lipinski definition) is 3. The molecule has 1 fully saturated rings. The lowest BCUT2D eigenvalue weighted by Crippen LogP contribution is -2.28. The molecule has 0 spiro atoms. The summed E-state index contributed by atoms with van der Waals surface area (Å²) in [5, 5.41) is 6.46. The third-order valence-corrected chi connectivity index (χ3v) is 5.59. The van der Waals surface area contributed by atoms with Gasteiger partial charge in [0.25, 0.3) is 5.91 Å². The molecule has 5 heteroatoms. The molecule has 0 aromatic heterocycles. The zero-order valence-corrected chi connectivity index (χ0v) is 17.9. The normalized spacial score (nSPS) is 14.4. The molecule has 2 N–H and O–H groups in total. The number of carbonyl (C=O) groups is 2. The molecular weight excluding hydrogens is 386 g/mol. The Hall–Kier alpha value is -3.60. The fourth-order valence-corrected chi connectivity index (χ4v) is 3.87. The van der Waals surface area contributed by atoms with Gasteiger partial charge in [-0.1, -0.05) is 48.5 Å². The molecule has 1 heterocycles. The maximum atomic E-state index is 13.3. The van der Waals surface area contributed by atoms with E-state index in [2.05, 4.69) is 10.6 Å². The minimum Gasteiger partial charge on any atom is -0.370 e. The van der Waals surface area contributed by atoms with Gasteiger partial charge >= 0.3 is 0 Å². The van der Waals surface area contributed by atoms with E-state index < -0.39 is 6.04 Å². The van der Waals surface area contributed by atoms with Crippen molar-refractivity contribution in [2.75, 3.05) is 22.1 Å². The van der Waals surface area contributed by atoms with E-state index in [1.807, 2.05) is 86.6 Å². The minimum atomic E-state index is -0.578. The van der Waals surface area contributed by atoms with Gasteiger partial charge < -0.3 is 15.5 Å². The van der Waals surface area contributed by atoms with Gasteiger partial charge in [-0.3, -0.25) is 9.59 Å². The summed E-state index contributed by atoms with van der Waals surface area (Å²) in [6.07, 6.45) is 1.46. The second-order valence-corrected chi connectivity index (χ2v) is 7.99. The Kier molecular flexibility index (Phi) is 6.03. The van der Waals surface area contributed by atoms with E-state index in [1.54, 1.807) is 4.90 Å². The molecule has 1 saturated heterocycles. The number of anilines is 3. The SMILES string of the molecule is Cc1ccc(C)c(NC(=O)[C@@H](Nc2cccc(N3CCCC3=O)c2)c2ccccc2)c1. The second-order valence-electron chi connectivity index (χ2n) is 7.99. The third kappa shape index (κ3) is 4.77. The average Bonchev–Trinajstić information content (AvgIpc) is 3.21. The molecule has 31 heavy (non-hydrogen) atoms. The smallest absolute Gasteiger partial charge is 0.251 e. The van der Waals surface area contributed by atoms with Gasteiger partial charge in [0.2, 0.25) is 5.91 Å². The molecule has 5 nitrogen and oxygen atoms in total. The van der Waals surface area contributed by atoms with Crippen LogP contribution in [-0.2, 0) is 9.59 Å². The Morgan fingerprint density at radius 3 is 2.52 bits per heavy atom. The van der Waals surface area contributed by atoms with Crippen molar-refractivity contribution in [2.45, 2.75) is 32.7 Å². The van der Waals surface area contributed by atoms with E-state index in [1.165, 1.54) is 0 Å². The monoisotopic (exact) mass is 413 g/mol. The number of nitrogens with zero attached hydrogens (tertiary/aromatic N) is 1. The van der Waals surface area contributed by atoms with E-state index in [0.29, 0.717) is 6.42 Å². The Morgan fingerprint density at radius 1 is 0.968 bits per heavy atom. The molecule has 158 valence electrons. The molecule has 3 aromatic carbocycles. The van der Waals surface area contributed by atoms with Gasteiger partial charge in [0.1, 0.15) is 6.04 Å². The summed E-state index contributed by atoms with van der Waals surface area (Å²) >= 11 is 0. The van der Waals surface area contributed by atoms with Crippen LogP contribution in [0, 0.1) is 13.8 Å². The van der Waals surface area contributed by atoms with E-state index in [0.717, 1.165) is 46.7 Å². The van der Waals surface area contributed by atoms with Crippen molar-refractivity contribution in [3.63, 3.8) is 0 Å². The van der Waals surface area contributed by atoms with Crippen LogP contribution in [0.4, 0.5) is 17.1 Å². The molecule has 2 amide bonds. The lowest BCUT2D eigenvalue weighted by atomic mass is 10.0. The van der Waals surface area contributed by atoms with Crippen LogP contribution in [0.25, 0.3) is 0 Å². The highest BCUT2D eigenvalue weighted by atomic mass is 16.2. The van der Waals surface area contributed by atoms with E-state index in [4.69, 9.17) is 0 Å². The van der Waals surface area contributed by atoms with Crippen LogP contribution in [0.1, 0.15) is 35.6 Å². The van der Waals surface area contributed by atoms with Crippen molar-refractivity contribution in [1.29, 1.82) is 0 Å². The number of rotatable bonds is 6. The number of amides is 2. The number of hydrogen-bond donors (Lipinski definition) is 2. The summed E-state index contributed by atoms with van der Waals surface area (Å²) < 4.78 is 0. The van der Waals surface area contributed by atoms with E-state index in [-0.39, 0.29) is 11.8 Å². The summed E-state index contributed by atoms with van der Waals surface area (Å²) in [7, 11) is 0. The lowest BCUT2D eigenvalue weighted by Gasteiger charge is -2.22. The second kappa shape index (κ2) is 9.04. The predicted octanol–water partition coefficient (Wildman–Crippen LogP) is 5.22. The summed E-state index contributed by atoms with van der Waals surface area (Å²) in [5.74, 6) is 0.00646. The molecule has 1 aliphatic rings. The largest absolute Gasteiger partial charge is 0.370 e. The highest BCUT2D eigenvalue weighted by Gasteiger charge is 2.24. The molecule has 0 bridgehead atoms. The summed E-state index contributed by atoms with van der Waals surface area (Å²) in [4.78, 5) is 27.3. The van der Waals surface area contributed by atoms with E-state index >= 15 is 0 Å². The minimum absolute atomic E-state index is 0.137. The van der Waals surface area contributed by atoms with Gasteiger partial charge in [-0.2, -0.15) is 0 Å². The topological polar surface area (TPSA) is 61.4 Å². The average molecular weight is 414 g/mol. The van der Waals surface area contributed by atoms with Crippen molar-refractivity contribution in [1.82, 2.24) is 0 Å². The zero-order valence-electron chi connectivity index (χ0n) is 17.9. The molecule has 1 aliphatic heterocycles. The molecule has 4 rings (SSSR count). The van der Waals surface area contributed by atoms with Crippen molar-refractivity contribution >= 4 is 28.9 Å². The summed E-state index contributed by atoms with van der Waals surface area (Å²) in [5.41, 5.74) is 5.43. The van der Waals surface area contributed by atoms with Gasteiger partial charge in [-0.15, -0.1) is 0 Å². The lowest BCUT2D eigenvalue weighted by molar-refractivity contribution is -0.117. The first-order chi connectivity index (χ1) is 15.0. The van der Waals surface area contributed by atoms with Crippen LogP contribution in [0.15, 0.2) is 72.8 Å². The van der Waals surface area contributed by atoms with Crippen LogP contribution in [0.5, 0.6) is 0 Å². The Morgan fingerprint density at radius 2 is 1.77 bits per heavy atom. The van der Waals surface area contributed by atoms with Crippen molar-refractivity contribution in [3.05, 3.63) is 89.5 Å². The molecule has 0 aliphatic carbocycles. The van der Waals surface area contributed by atoms with Gasteiger partial charge in [0, 0.05) is 30.0 Å². The first-order valence-corrected chi connectivity index (χ1v) is 10.6.